The van der Waals surface area contributed by atoms with Crippen molar-refractivity contribution in [1.29, 1.82) is 0 Å². The summed E-state index contributed by atoms with van der Waals surface area (Å²) in [7, 11) is 0. The van der Waals surface area contributed by atoms with Crippen LogP contribution in [0.25, 0.3) is 0 Å². The molecule has 3 nitrogen and oxygen atoms in total. The fraction of sp³-hybridized carbons (Fsp3) is 0.381. The van der Waals surface area contributed by atoms with Crippen LogP contribution >= 0.6 is 0 Å². The summed E-state index contributed by atoms with van der Waals surface area (Å²) < 4.78 is 5.48. The van der Waals surface area contributed by atoms with Crippen LogP contribution in [0.15, 0.2) is 60.7 Å². The van der Waals surface area contributed by atoms with E-state index >= 15 is 0 Å². The molecule has 3 heteroatoms. The first-order chi connectivity index (χ1) is 11.8. The maximum atomic E-state index is 12.5. The van der Waals surface area contributed by atoms with E-state index in [0.717, 1.165) is 24.0 Å². The minimum atomic E-state index is -0.237. The summed E-state index contributed by atoms with van der Waals surface area (Å²) in [5.74, 6) is 0. The molecule has 0 saturated heterocycles. The molecule has 0 aromatic heterocycles. The highest BCUT2D eigenvalue weighted by Gasteiger charge is 2.16. The van der Waals surface area contributed by atoms with Crippen molar-refractivity contribution in [1.82, 2.24) is 4.90 Å². The van der Waals surface area contributed by atoms with Crippen LogP contribution in [0.2, 0.25) is 0 Å². The molecule has 0 aliphatic carbocycles. The Labute approximate surface area is 145 Å². The number of hydrogen-bond acceptors (Lipinski definition) is 2. The number of carbonyl (C=O) groups excluding carboxylic acids is 1. The van der Waals surface area contributed by atoms with Gasteiger partial charge in [0, 0.05) is 13.1 Å². The van der Waals surface area contributed by atoms with E-state index in [1.807, 2.05) is 60.7 Å². The van der Waals surface area contributed by atoms with Gasteiger partial charge in [-0.2, -0.15) is 0 Å². The summed E-state index contributed by atoms with van der Waals surface area (Å²) in [5.41, 5.74) is 2.22. The smallest absolute Gasteiger partial charge is 0.410 e. The minimum Gasteiger partial charge on any atom is -0.449 e. The summed E-state index contributed by atoms with van der Waals surface area (Å²) in [6.07, 6.45) is 4.18. The molecular formula is C21H27NO2. The zero-order valence-electron chi connectivity index (χ0n) is 14.5. The molecule has 2 rings (SSSR count). The van der Waals surface area contributed by atoms with Crippen molar-refractivity contribution in [2.75, 3.05) is 6.61 Å². The summed E-state index contributed by atoms with van der Waals surface area (Å²) in [6, 6.07) is 20.1. The molecule has 24 heavy (non-hydrogen) atoms. The second-order valence-corrected chi connectivity index (χ2v) is 6.00. The van der Waals surface area contributed by atoms with Crippen LogP contribution < -0.4 is 0 Å². The quantitative estimate of drug-likeness (QED) is 0.577. The molecule has 0 spiro atoms. The van der Waals surface area contributed by atoms with Crippen molar-refractivity contribution >= 4 is 6.09 Å². The van der Waals surface area contributed by atoms with Crippen molar-refractivity contribution in [3.05, 3.63) is 71.8 Å². The molecule has 0 radical (unpaired) electrons. The first-order valence-corrected chi connectivity index (χ1v) is 8.79. The maximum absolute atomic E-state index is 12.5. The van der Waals surface area contributed by atoms with E-state index in [9.17, 15) is 4.79 Å². The van der Waals surface area contributed by atoms with Crippen molar-refractivity contribution in [3.63, 3.8) is 0 Å². The van der Waals surface area contributed by atoms with Crippen molar-refractivity contribution in [3.8, 4) is 0 Å². The Morgan fingerprint density at radius 1 is 0.833 bits per heavy atom. The van der Waals surface area contributed by atoms with Crippen LogP contribution in [0.4, 0.5) is 4.79 Å². The second-order valence-electron chi connectivity index (χ2n) is 6.00. The van der Waals surface area contributed by atoms with Gasteiger partial charge in [-0.3, -0.25) is 4.90 Å². The number of amides is 1. The summed E-state index contributed by atoms with van der Waals surface area (Å²) >= 11 is 0. The first-order valence-electron chi connectivity index (χ1n) is 8.79. The fourth-order valence-electron chi connectivity index (χ4n) is 2.57. The lowest BCUT2D eigenvalue weighted by Crippen LogP contribution is -2.31. The van der Waals surface area contributed by atoms with Gasteiger partial charge in [-0.05, 0) is 17.5 Å². The molecule has 0 atom stereocenters. The number of unbranched alkanes of at least 4 members (excludes halogenated alkanes) is 3. The van der Waals surface area contributed by atoms with E-state index in [1.165, 1.54) is 12.8 Å². The van der Waals surface area contributed by atoms with Crippen LogP contribution in [0.3, 0.4) is 0 Å². The van der Waals surface area contributed by atoms with Crippen LogP contribution in [-0.4, -0.2) is 17.6 Å². The summed E-state index contributed by atoms with van der Waals surface area (Å²) in [5, 5.41) is 0. The topological polar surface area (TPSA) is 29.5 Å². The van der Waals surface area contributed by atoms with Crippen LogP contribution in [0.5, 0.6) is 0 Å². The van der Waals surface area contributed by atoms with Gasteiger partial charge in [0.05, 0.1) is 6.61 Å². The van der Waals surface area contributed by atoms with Gasteiger partial charge < -0.3 is 4.74 Å². The number of benzene rings is 2. The predicted molar refractivity (Wildman–Crippen MR) is 97.6 cm³/mol. The number of carbonyl (C=O) groups is 1. The second kappa shape index (κ2) is 10.5. The average Bonchev–Trinajstić information content (AvgIpc) is 2.62. The Morgan fingerprint density at radius 3 is 1.88 bits per heavy atom. The summed E-state index contributed by atoms with van der Waals surface area (Å²) in [4.78, 5) is 14.3. The zero-order valence-corrected chi connectivity index (χ0v) is 14.5. The van der Waals surface area contributed by atoms with E-state index in [4.69, 9.17) is 4.74 Å². The van der Waals surface area contributed by atoms with Crippen molar-refractivity contribution in [2.45, 2.75) is 45.7 Å². The molecule has 0 saturated carbocycles. The van der Waals surface area contributed by atoms with Crippen LogP contribution in [-0.2, 0) is 17.8 Å². The van der Waals surface area contributed by atoms with Crippen LogP contribution in [0.1, 0.15) is 43.7 Å². The molecule has 0 heterocycles. The van der Waals surface area contributed by atoms with Gasteiger partial charge >= 0.3 is 6.09 Å². The van der Waals surface area contributed by atoms with E-state index in [0.29, 0.717) is 19.7 Å². The number of rotatable bonds is 9. The Hall–Kier alpha value is -2.29. The average molecular weight is 325 g/mol. The van der Waals surface area contributed by atoms with Gasteiger partial charge in [-0.25, -0.2) is 4.79 Å². The van der Waals surface area contributed by atoms with Crippen molar-refractivity contribution < 1.29 is 9.53 Å². The van der Waals surface area contributed by atoms with Gasteiger partial charge in [0.1, 0.15) is 0 Å². The maximum Gasteiger partial charge on any atom is 0.410 e. The normalized spacial score (nSPS) is 10.4. The number of hydrogen-bond donors (Lipinski definition) is 0. The Bertz CT molecular complexity index is 542. The largest absolute Gasteiger partial charge is 0.449 e. The molecule has 0 unspecified atom stereocenters. The Balaban J connectivity index is 1.95. The van der Waals surface area contributed by atoms with Gasteiger partial charge in [0.25, 0.3) is 0 Å². The molecule has 0 N–H and O–H groups in total. The highest BCUT2D eigenvalue weighted by molar-refractivity contribution is 5.67. The monoisotopic (exact) mass is 325 g/mol. The number of nitrogens with zero attached hydrogens (tertiary/aromatic N) is 1. The lowest BCUT2D eigenvalue weighted by atomic mass is 10.2. The van der Waals surface area contributed by atoms with Gasteiger partial charge in [-0.15, -0.1) is 0 Å². The standard InChI is InChI=1S/C21H27NO2/c1-2-3-4-11-16-24-21(23)22(17-19-12-7-5-8-13-19)18-20-14-9-6-10-15-20/h5-10,12-15H,2-4,11,16-18H2,1H3. The molecule has 1 amide bonds. The zero-order chi connectivity index (χ0) is 17.0. The van der Waals surface area contributed by atoms with Gasteiger partial charge in [0.2, 0.25) is 0 Å². The summed E-state index contributed by atoms with van der Waals surface area (Å²) in [6.45, 7) is 3.79. The third-order valence-corrected chi connectivity index (χ3v) is 3.91. The highest BCUT2D eigenvalue weighted by Crippen LogP contribution is 2.12. The highest BCUT2D eigenvalue weighted by atomic mass is 16.6. The van der Waals surface area contributed by atoms with E-state index in [-0.39, 0.29) is 6.09 Å². The van der Waals surface area contributed by atoms with Gasteiger partial charge in [0.15, 0.2) is 0 Å². The number of ether oxygens (including phenoxy) is 1. The van der Waals surface area contributed by atoms with E-state index in [1.54, 1.807) is 4.90 Å². The third kappa shape index (κ3) is 6.45. The molecule has 2 aromatic carbocycles. The first kappa shape index (κ1) is 18.1. The molecule has 0 fully saturated rings. The van der Waals surface area contributed by atoms with Crippen LogP contribution in [0, 0.1) is 0 Å². The van der Waals surface area contributed by atoms with E-state index < -0.39 is 0 Å². The third-order valence-electron chi connectivity index (χ3n) is 3.91. The Kier molecular flexibility index (Phi) is 7.88. The minimum absolute atomic E-state index is 0.237. The predicted octanol–water partition coefficient (Wildman–Crippen LogP) is 5.41. The van der Waals surface area contributed by atoms with E-state index in [2.05, 4.69) is 6.92 Å². The molecule has 2 aromatic rings. The molecule has 0 bridgehead atoms. The lowest BCUT2D eigenvalue weighted by Gasteiger charge is -2.22. The van der Waals surface area contributed by atoms with Gasteiger partial charge in [-0.1, -0.05) is 86.8 Å². The molecule has 128 valence electrons. The van der Waals surface area contributed by atoms with Crippen molar-refractivity contribution in [2.24, 2.45) is 0 Å². The fourth-order valence-corrected chi connectivity index (χ4v) is 2.57. The molecular weight excluding hydrogens is 298 g/mol. The lowest BCUT2D eigenvalue weighted by molar-refractivity contribution is 0.0953. The molecule has 0 aliphatic rings. The Morgan fingerprint density at radius 2 is 1.38 bits per heavy atom. The SMILES string of the molecule is CCCCCCOC(=O)N(Cc1ccccc1)Cc1ccccc1. The molecule has 0 aliphatic heterocycles.